The van der Waals surface area contributed by atoms with Crippen LogP contribution in [0.3, 0.4) is 0 Å². The fourth-order valence-corrected chi connectivity index (χ4v) is 3.05. The van der Waals surface area contributed by atoms with Crippen LogP contribution < -0.4 is 0 Å². The summed E-state index contributed by atoms with van der Waals surface area (Å²) in [7, 11) is 0. The Hall–Kier alpha value is -0.790. The topological polar surface area (TPSA) is 63.8 Å². The summed E-state index contributed by atoms with van der Waals surface area (Å²) in [5.74, 6) is 0. The quantitative estimate of drug-likeness (QED) is 0.915. The predicted octanol–water partition coefficient (Wildman–Crippen LogP) is 2.55. The summed E-state index contributed by atoms with van der Waals surface area (Å²) in [4.78, 5) is 0.813. The second kappa shape index (κ2) is 5.90. The summed E-state index contributed by atoms with van der Waals surface area (Å²) >= 11 is 4.68. The van der Waals surface area contributed by atoms with Crippen molar-refractivity contribution in [2.24, 2.45) is 0 Å². The van der Waals surface area contributed by atoms with Gasteiger partial charge in [0.15, 0.2) is 0 Å². The molecule has 2 aromatic rings. The molecule has 0 fully saturated rings. The molecule has 0 bridgehead atoms. The van der Waals surface area contributed by atoms with Crippen LogP contribution in [0.4, 0.5) is 0 Å². The normalized spacial score (nSPS) is 12.9. The van der Waals surface area contributed by atoms with E-state index in [1.807, 2.05) is 6.92 Å². The Balaban J connectivity index is 2.38. The molecule has 5 nitrogen and oxygen atoms in total. The third kappa shape index (κ3) is 2.48. The van der Waals surface area contributed by atoms with Gasteiger partial charge in [-0.3, -0.25) is 4.68 Å². The zero-order valence-electron chi connectivity index (χ0n) is 10.3. The van der Waals surface area contributed by atoms with Gasteiger partial charge in [0.2, 0.25) is 0 Å². The van der Waals surface area contributed by atoms with Crippen LogP contribution in [0.5, 0.6) is 0 Å². The Bertz CT molecular complexity index is 525. The zero-order chi connectivity index (χ0) is 13.1. The van der Waals surface area contributed by atoms with Gasteiger partial charge in [0.05, 0.1) is 26.9 Å². The van der Waals surface area contributed by atoms with E-state index in [2.05, 4.69) is 37.5 Å². The smallest absolute Gasteiger partial charge is 0.134 e. The molecule has 2 rings (SSSR count). The van der Waals surface area contributed by atoms with Crippen molar-refractivity contribution in [3.8, 4) is 0 Å². The maximum atomic E-state index is 10.5. The molecule has 0 amide bonds. The zero-order valence-corrected chi connectivity index (χ0v) is 12.7. The highest BCUT2D eigenvalue weighted by Gasteiger charge is 2.24. The van der Waals surface area contributed by atoms with E-state index in [0.29, 0.717) is 6.54 Å². The van der Waals surface area contributed by atoms with Crippen molar-refractivity contribution in [3.63, 3.8) is 0 Å². The first kappa shape index (κ1) is 13.6. The molecule has 0 saturated heterocycles. The molecule has 0 radical (unpaired) electrons. The Morgan fingerprint density at radius 1 is 1.50 bits per heavy atom. The summed E-state index contributed by atoms with van der Waals surface area (Å²) in [5, 5.41) is 18.8. The largest absolute Gasteiger partial charge is 0.381 e. The van der Waals surface area contributed by atoms with Crippen molar-refractivity contribution in [1.82, 2.24) is 19.4 Å². The molecule has 1 atom stereocenters. The van der Waals surface area contributed by atoms with Crippen LogP contribution in [0.2, 0.25) is 0 Å². The van der Waals surface area contributed by atoms with Crippen molar-refractivity contribution < 1.29 is 5.11 Å². The molecular formula is C11H15BrN4OS. The molecule has 0 aliphatic carbocycles. The highest BCUT2D eigenvalue weighted by molar-refractivity contribution is 9.10. The average molecular weight is 331 g/mol. The number of rotatable bonds is 5. The lowest BCUT2D eigenvalue weighted by atomic mass is 10.1. The fourth-order valence-electron chi connectivity index (χ4n) is 1.85. The number of aliphatic hydroxyl groups is 1. The van der Waals surface area contributed by atoms with Gasteiger partial charge in [0.25, 0.3) is 0 Å². The molecule has 18 heavy (non-hydrogen) atoms. The van der Waals surface area contributed by atoms with E-state index in [-0.39, 0.29) is 0 Å². The van der Waals surface area contributed by atoms with Crippen LogP contribution in [0, 0.1) is 0 Å². The van der Waals surface area contributed by atoms with Crippen molar-refractivity contribution in [1.29, 1.82) is 0 Å². The van der Waals surface area contributed by atoms with Gasteiger partial charge in [-0.1, -0.05) is 17.8 Å². The monoisotopic (exact) mass is 330 g/mol. The second-order valence-corrected chi connectivity index (χ2v) is 5.57. The molecular weight excluding hydrogens is 316 g/mol. The third-order valence-electron chi connectivity index (χ3n) is 2.71. The standard InChI is InChI=1S/C11H15BrN4OS/c1-3-5-8-11(18-15-14-8)10(17)9-7(12)6-13-16(9)4-2/h6,10,17H,3-5H2,1-2H3. The van der Waals surface area contributed by atoms with Gasteiger partial charge in [0.1, 0.15) is 6.10 Å². The van der Waals surface area contributed by atoms with E-state index < -0.39 is 6.10 Å². The Kier molecular flexibility index (Phi) is 4.47. The highest BCUT2D eigenvalue weighted by Crippen LogP contribution is 2.32. The average Bonchev–Trinajstić information content (AvgIpc) is 2.95. The molecule has 2 aromatic heterocycles. The molecule has 0 aliphatic heterocycles. The second-order valence-electron chi connectivity index (χ2n) is 3.93. The van der Waals surface area contributed by atoms with E-state index in [0.717, 1.165) is 33.6 Å². The van der Waals surface area contributed by atoms with Gasteiger partial charge in [-0.15, -0.1) is 5.10 Å². The number of aryl methyl sites for hydroxylation is 2. The number of aromatic nitrogens is 4. The first-order chi connectivity index (χ1) is 8.69. The van der Waals surface area contributed by atoms with Crippen molar-refractivity contribution in [2.45, 2.75) is 39.3 Å². The first-order valence-electron chi connectivity index (χ1n) is 5.89. The van der Waals surface area contributed by atoms with E-state index >= 15 is 0 Å². The minimum Gasteiger partial charge on any atom is -0.381 e. The maximum absolute atomic E-state index is 10.5. The van der Waals surface area contributed by atoms with Gasteiger partial charge >= 0.3 is 0 Å². The summed E-state index contributed by atoms with van der Waals surface area (Å²) in [5.41, 5.74) is 1.65. The predicted molar refractivity (Wildman–Crippen MR) is 73.6 cm³/mol. The van der Waals surface area contributed by atoms with E-state index in [9.17, 15) is 5.11 Å². The number of nitrogens with zero attached hydrogens (tertiary/aromatic N) is 4. The number of hydrogen-bond donors (Lipinski definition) is 1. The highest BCUT2D eigenvalue weighted by atomic mass is 79.9. The van der Waals surface area contributed by atoms with Gasteiger partial charge in [-0.2, -0.15) is 5.10 Å². The van der Waals surface area contributed by atoms with Crippen LogP contribution in [-0.4, -0.2) is 24.5 Å². The molecule has 98 valence electrons. The van der Waals surface area contributed by atoms with Crippen LogP contribution >= 0.6 is 27.5 Å². The lowest BCUT2D eigenvalue weighted by Crippen LogP contribution is -2.10. The molecule has 1 N–H and O–H groups in total. The number of hydrogen-bond acceptors (Lipinski definition) is 5. The Labute approximate surface area is 118 Å². The molecule has 7 heteroatoms. The SMILES string of the molecule is CCCc1nnsc1C(O)c1c(Br)cnn1CC. The van der Waals surface area contributed by atoms with Gasteiger partial charge < -0.3 is 5.11 Å². The maximum Gasteiger partial charge on any atom is 0.134 e. The molecule has 0 spiro atoms. The third-order valence-corrected chi connectivity index (χ3v) is 4.14. The van der Waals surface area contributed by atoms with Gasteiger partial charge in [-0.25, -0.2) is 0 Å². The minimum absolute atomic E-state index is 0.716. The molecule has 0 saturated carbocycles. The summed E-state index contributed by atoms with van der Waals surface area (Å²) < 4.78 is 6.54. The Morgan fingerprint density at radius 3 is 2.94 bits per heavy atom. The molecule has 2 heterocycles. The minimum atomic E-state index is -0.719. The molecule has 0 aliphatic rings. The van der Waals surface area contributed by atoms with Crippen LogP contribution in [0.25, 0.3) is 0 Å². The number of halogens is 1. The first-order valence-corrected chi connectivity index (χ1v) is 7.46. The summed E-state index contributed by atoms with van der Waals surface area (Å²) in [6.45, 7) is 4.79. The lowest BCUT2D eigenvalue weighted by molar-refractivity contribution is 0.209. The molecule has 1 unspecified atom stereocenters. The van der Waals surface area contributed by atoms with Crippen molar-refractivity contribution in [3.05, 3.63) is 26.9 Å². The van der Waals surface area contributed by atoms with E-state index in [4.69, 9.17) is 0 Å². The molecule has 0 aromatic carbocycles. The fraction of sp³-hybridized carbons (Fsp3) is 0.545. The Morgan fingerprint density at radius 2 is 2.28 bits per heavy atom. The summed E-state index contributed by atoms with van der Waals surface area (Å²) in [6.07, 6.45) is 2.80. The van der Waals surface area contributed by atoms with Gasteiger partial charge in [-0.05, 0) is 40.8 Å². The van der Waals surface area contributed by atoms with Gasteiger partial charge in [0, 0.05) is 6.54 Å². The van der Waals surface area contributed by atoms with Crippen molar-refractivity contribution >= 4 is 27.5 Å². The number of aliphatic hydroxyl groups excluding tert-OH is 1. The van der Waals surface area contributed by atoms with E-state index in [1.54, 1.807) is 10.9 Å². The van der Waals surface area contributed by atoms with E-state index in [1.165, 1.54) is 11.5 Å². The van der Waals surface area contributed by atoms with Crippen LogP contribution in [0.15, 0.2) is 10.7 Å². The van der Waals surface area contributed by atoms with Crippen LogP contribution in [0.1, 0.15) is 42.6 Å². The lowest BCUT2D eigenvalue weighted by Gasteiger charge is -2.12. The summed E-state index contributed by atoms with van der Waals surface area (Å²) in [6, 6.07) is 0. The van der Waals surface area contributed by atoms with Crippen molar-refractivity contribution in [2.75, 3.05) is 0 Å². The van der Waals surface area contributed by atoms with Crippen LogP contribution in [-0.2, 0) is 13.0 Å².